The summed E-state index contributed by atoms with van der Waals surface area (Å²) in [5.41, 5.74) is 2.21. The van der Waals surface area contributed by atoms with Crippen LogP contribution in [-0.4, -0.2) is 30.3 Å². The van der Waals surface area contributed by atoms with Gasteiger partial charge in [0.25, 0.3) is 5.91 Å². The van der Waals surface area contributed by atoms with E-state index in [0.29, 0.717) is 5.75 Å². The van der Waals surface area contributed by atoms with Gasteiger partial charge in [-0.25, -0.2) is 0 Å². The monoisotopic (exact) mass is 265 g/mol. The van der Waals surface area contributed by atoms with Gasteiger partial charge in [-0.3, -0.25) is 4.79 Å². The third kappa shape index (κ3) is 5.30. The molecule has 0 fully saturated rings. The summed E-state index contributed by atoms with van der Waals surface area (Å²) in [5, 5.41) is 11.9. The summed E-state index contributed by atoms with van der Waals surface area (Å²) in [6, 6.07) is 5.61. The summed E-state index contributed by atoms with van der Waals surface area (Å²) < 4.78 is 5.46. The van der Waals surface area contributed by atoms with Crippen molar-refractivity contribution < 1.29 is 14.6 Å². The highest BCUT2D eigenvalue weighted by atomic mass is 16.5. The average Bonchev–Trinajstić information content (AvgIpc) is 2.32. The number of hydrogen-bond acceptors (Lipinski definition) is 3. The maximum absolute atomic E-state index is 11.7. The molecule has 0 bridgehead atoms. The van der Waals surface area contributed by atoms with E-state index in [1.165, 1.54) is 0 Å². The SMILES string of the molecule is Cc1cc(C)cc(OCC(=O)NC(CO)C(C)C)c1. The zero-order valence-corrected chi connectivity index (χ0v) is 12.1. The van der Waals surface area contributed by atoms with Crippen molar-refractivity contribution in [2.75, 3.05) is 13.2 Å². The van der Waals surface area contributed by atoms with Gasteiger partial charge < -0.3 is 15.2 Å². The lowest BCUT2D eigenvalue weighted by Gasteiger charge is -2.20. The maximum atomic E-state index is 11.7. The molecule has 106 valence electrons. The van der Waals surface area contributed by atoms with Gasteiger partial charge in [0.2, 0.25) is 0 Å². The van der Waals surface area contributed by atoms with E-state index >= 15 is 0 Å². The summed E-state index contributed by atoms with van der Waals surface area (Å²) in [6.07, 6.45) is 0. The lowest BCUT2D eigenvalue weighted by Crippen LogP contribution is -2.43. The molecule has 1 unspecified atom stereocenters. The molecule has 1 rings (SSSR count). The molecule has 0 spiro atoms. The fraction of sp³-hybridized carbons (Fsp3) is 0.533. The Bertz CT molecular complexity index is 409. The number of aryl methyl sites for hydroxylation is 2. The first-order valence-electron chi connectivity index (χ1n) is 6.53. The number of rotatable bonds is 6. The van der Waals surface area contributed by atoms with Crippen LogP contribution in [0.1, 0.15) is 25.0 Å². The van der Waals surface area contributed by atoms with Crippen molar-refractivity contribution in [1.29, 1.82) is 0 Å². The molecule has 0 saturated carbocycles. The van der Waals surface area contributed by atoms with Gasteiger partial charge in [0.1, 0.15) is 5.75 Å². The van der Waals surface area contributed by atoms with Gasteiger partial charge in [0.15, 0.2) is 6.61 Å². The lowest BCUT2D eigenvalue weighted by atomic mass is 10.1. The number of aliphatic hydroxyl groups is 1. The molecule has 1 aromatic rings. The topological polar surface area (TPSA) is 58.6 Å². The number of nitrogens with one attached hydrogen (secondary N) is 1. The van der Waals surface area contributed by atoms with Crippen molar-refractivity contribution in [2.24, 2.45) is 5.92 Å². The Kier molecular flexibility index (Phi) is 5.83. The van der Waals surface area contributed by atoms with E-state index in [1.54, 1.807) is 0 Å². The quantitative estimate of drug-likeness (QED) is 0.825. The Morgan fingerprint density at radius 1 is 1.26 bits per heavy atom. The molecule has 19 heavy (non-hydrogen) atoms. The van der Waals surface area contributed by atoms with Crippen molar-refractivity contribution in [3.8, 4) is 5.75 Å². The van der Waals surface area contributed by atoms with E-state index in [0.717, 1.165) is 11.1 Å². The van der Waals surface area contributed by atoms with Crippen LogP contribution in [0.15, 0.2) is 18.2 Å². The third-order valence-electron chi connectivity index (χ3n) is 2.91. The van der Waals surface area contributed by atoms with Crippen molar-refractivity contribution >= 4 is 5.91 Å². The van der Waals surface area contributed by atoms with Gasteiger partial charge in [0.05, 0.1) is 12.6 Å². The zero-order valence-electron chi connectivity index (χ0n) is 12.1. The molecule has 0 aliphatic carbocycles. The minimum Gasteiger partial charge on any atom is -0.484 e. The van der Waals surface area contributed by atoms with Crippen LogP contribution >= 0.6 is 0 Å². The number of ether oxygens (including phenoxy) is 1. The first-order valence-corrected chi connectivity index (χ1v) is 6.53. The highest BCUT2D eigenvalue weighted by Gasteiger charge is 2.15. The number of hydrogen-bond donors (Lipinski definition) is 2. The molecule has 0 heterocycles. The fourth-order valence-corrected chi connectivity index (χ4v) is 1.84. The second kappa shape index (κ2) is 7.14. The highest BCUT2D eigenvalue weighted by Crippen LogP contribution is 2.15. The van der Waals surface area contributed by atoms with E-state index in [4.69, 9.17) is 9.84 Å². The number of carbonyl (C=O) groups excluding carboxylic acids is 1. The molecule has 4 nitrogen and oxygen atoms in total. The van der Waals surface area contributed by atoms with E-state index in [1.807, 2.05) is 45.9 Å². The third-order valence-corrected chi connectivity index (χ3v) is 2.91. The van der Waals surface area contributed by atoms with Gasteiger partial charge in [-0.15, -0.1) is 0 Å². The van der Waals surface area contributed by atoms with Crippen molar-refractivity contribution in [2.45, 2.75) is 33.7 Å². The molecule has 0 saturated heterocycles. The number of benzene rings is 1. The maximum Gasteiger partial charge on any atom is 0.258 e. The molecule has 2 N–H and O–H groups in total. The summed E-state index contributed by atoms with van der Waals surface area (Å²) in [4.78, 5) is 11.7. The Morgan fingerprint density at radius 2 is 1.84 bits per heavy atom. The number of amides is 1. The van der Waals surface area contributed by atoms with Gasteiger partial charge in [-0.1, -0.05) is 19.9 Å². The highest BCUT2D eigenvalue weighted by molar-refractivity contribution is 5.77. The van der Waals surface area contributed by atoms with Crippen molar-refractivity contribution in [3.05, 3.63) is 29.3 Å². The fourth-order valence-electron chi connectivity index (χ4n) is 1.84. The minimum atomic E-state index is -0.227. The zero-order chi connectivity index (χ0) is 14.4. The molecule has 0 aliphatic rings. The summed E-state index contributed by atoms with van der Waals surface area (Å²) >= 11 is 0. The van der Waals surface area contributed by atoms with Crippen LogP contribution < -0.4 is 10.1 Å². The molecule has 0 aliphatic heterocycles. The average molecular weight is 265 g/mol. The second-order valence-corrected chi connectivity index (χ2v) is 5.21. The van der Waals surface area contributed by atoms with E-state index in [-0.39, 0.29) is 31.1 Å². The standard InChI is InChI=1S/C15H23NO3/c1-10(2)14(8-17)16-15(18)9-19-13-6-11(3)5-12(4)7-13/h5-7,10,14,17H,8-9H2,1-4H3,(H,16,18). The van der Waals surface area contributed by atoms with Crippen LogP contribution in [0.25, 0.3) is 0 Å². The normalized spacial score (nSPS) is 12.3. The summed E-state index contributed by atoms with van der Waals surface area (Å²) in [6.45, 7) is 7.78. The predicted octanol–water partition coefficient (Wildman–Crippen LogP) is 1.82. The first-order chi connectivity index (χ1) is 8.92. The van der Waals surface area contributed by atoms with Gasteiger partial charge in [-0.05, 0) is 43.0 Å². The van der Waals surface area contributed by atoms with Crippen LogP contribution in [0.4, 0.5) is 0 Å². The second-order valence-electron chi connectivity index (χ2n) is 5.21. The number of carbonyl (C=O) groups is 1. The Labute approximate surface area is 114 Å². The van der Waals surface area contributed by atoms with Crippen LogP contribution in [0.5, 0.6) is 5.75 Å². The molecule has 1 amide bonds. The van der Waals surface area contributed by atoms with Gasteiger partial charge in [0, 0.05) is 0 Å². The Morgan fingerprint density at radius 3 is 2.32 bits per heavy atom. The van der Waals surface area contributed by atoms with E-state index in [2.05, 4.69) is 5.32 Å². The molecule has 1 aromatic carbocycles. The number of aliphatic hydroxyl groups excluding tert-OH is 1. The van der Waals surface area contributed by atoms with Crippen LogP contribution in [0.3, 0.4) is 0 Å². The van der Waals surface area contributed by atoms with Gasteiger partial charge >= 0.3 is 0 Å². The molecular weight excluding hydrogens is 242 g/mol. The smallest absolute Gasteiger partial charge is 0.258 e. The van der Waals surface area contributed by atoms with E-state index < -0.39 is 0 Å². The van der Waals surface area contributed by atoms with Crippen LogP contribution in [-0.2, 0) is 4.79 Å². The Balaban J connectivity index is 2.50. The molecule has 0 radical (unpaired) electrons. The van der Waals surface area contributed by atoms with E-state index in [9.17, 15) is 4.79 Å². The first kappa shape index (κ1) is 15.5. The predicted molar refractivity (Wildman–Crippen MR) is 75.3 cm³/mol. The molecule has 4 heteroatoms. The van der Waals surface area contributed by atoms with Gasteiger partial charge in [-0.2, -0.15) is 0 Å². The van der Waals surface area contributed by atoms with Crippen molar-refractivity contribution in [1.82, 2.24) is 5.32 Å². The van der Waals surface area contributed by atoms with Crippen LogP contribution in [0, 0.1) is 19.8 Å². The lowest BCUT2D eigenvalue weighted by molar-refractivity contribution is -0.124. The molecular formula is C15H23NO3. The summed E-state index contributed by atoms with van der Waals surface area (Å²) in [5.74, 6) is 0.666. The molecule has 1 atom stereocenters. The van der Waals surface area contributed by atoms with Crippen LogP contribution in [0.2, 0.25) is 0 Å². The molecule has 0 aromatic heterocycles. The largest absolute Gasteiger partial charge is 0.484 e. The summed E-state index contributed by atoms with van der Waals surface area (Å²) in [7, 11) is 0. The Hall–Kier alpha value is -1.55. The van der Waals surface area contributed by atoms with Crippen molar-refractivity contribution in [3.63, 3.8) is 0 Å². The minimum absolute atomic E-state index is 0.0356.